The molecule has 1 aromatic carbocycles. The van der Waals surface area contributed by atoms with Gasteiger partial charge in [0.25, 0.3) is 0 Å². The number of methoxy groups -OCH3 is 1. The van der Waals surface area contributed by atoms with Crippen molar-refractivity contribution in [2.45, 2.75) is 19.4 Å². The van der Waals surface area contributed by atoms with E-state index in [2.05, 4.69) is 10.6 Å². The van der Waals surface area contributed by atoms with E-state index in [0.29, 0.717) is 12.2 Å². The molecule has 3 N–H and O–H groups in total. The maximum atomic E-state index is 11.7. The molecule has 1 rings (SSSR count). The van der Waals surface area contributed by atoms with E-state index in [0.717, 1.165) is 0 Å². The van der Waals surface area contributed by atoms with Crippen molar-refractivity contribution < 1.29 is 19.4 Å². The summed E-state index contributed by atoms with van der Waals surface area (Å²) in [7, 11) is 1.56. The lowest BCUT2D eigenvalue weighted by Crippen LogP contribution is -2.41. The summed E-state index contributed by atoms with van der Waals surface area (Å²) >= 11 is 5.81. The normalized spacial score (nSPS) is 11.0. The Morgan fingerprint density at radius 1 is 1.40 bits per heavy atom. The highest BCUT2D eigenvalue weighted by Crippen LogP contribution is 2.20. The monoisotopic (exact) mass is 300 g/mol. The molecule has 0 heterocycles. The SMILES string of the molecule is COC(C)(C)CNC(=O)Nc1ccc(C(=O)O)c(Cl)c1. The quantitative estimate of drug-likeness (QED) is 0.780. The number of nitrogens with one attached hydrogen (secondary N) is 2. The van der Waals surface area contributed by atoms with E-state index >= 15 is 0 Å². The molecule has 0 saturated carbocycles. The summed E-state index contributed by atoms with van der Waals surface area (Å²) in [5.74, 6) is -1.12. The largest absolute Gasteiger partial charge is 0.478 e. The smallest absolute Gasteiger partial charge is 0.337 e. The summed E-state index contributed by atoms with van der Waals surface area (Å²) < 4.78 is 5.17. The number of halogens is 1. The van der Waals surface area contributed by atoms with Crippen molar-refractivity contribution in [3.05, 3.63) is 28.8 Å². The Labute approximate surface area is 122 Å². The van der Waals surface area contributed by atoms with Gasteiger partial charge in [-0.05, 0) is 32.0 Å². The van der Waals surface area contributed by atoms with Gasteiger partial charge >= 0.3 is 12.0 Å². The van der Waals surface area contributed by atoms with Gasteiger partial charge in [0.15, 0.2) is 0 Å². The van der Waals surface area contributed by atoms with Crippen molar-refractivity contribution >= 4 is 29.3 Å². The summed E-state index contributed by atoms with van der Waals surface area (Å²) in [5.41, 5.74) is -0.0758. The van der Waals surface area contributed by atoms with Crippen LogP contribution in [0.2, 0.25) is 5.02 Å². The number of hydrogen-bond donors (Lipinski definition) is 3. The second-order valence-corrected chi connectivity index (χ2v) is 5.18. The maximum absolute atomic E-state index is 11.7. The fraction of sp³-hybridized carbons (Fsp3) is 0.385. The highest BCUT2D eigenvalue weighted by Gasteiger charge is 2.17. The Bertz CT molecular complexity index is 517. The highest BCUT2D eigenvalue weighted by molar-refractivity contribution is 6.33. The van der Waals surface area contributed by atoms with E-state index in [4.69, 9.17) is 21.4 Å². The Balaban J connectivity index is 2.63. The lowest BCUT2D eigenvalue weighted by Gasteiger charge is -2.23. The summed E-state index contributed by atoms with van der Waals surface area (Å²) in [6.07, 6.45) is 0. The van der Waals surface area contributed by atoms with E-state index in [1.165, 1.54) is 18.2 Å². The number of carboxylic acid groups (broad SMARTS) is 1. The average Bonchev–Trinajstić information content (AvgIpc) is 2.36. The van der Waals surface area contributed by atoms with Crippen LogP contribution >= 0.6 is 11.6 Å². The lowest BCUT2D eigenvalue weighted by molar-refractivity contribution is 0.0257. The first-order valence-corrected chi connectivity index (χ1v) is 6.26. The van der Waals surface area contributed by atoms with Crippen LogP contribution in [0.1, 0.15) is 24.2 Å². The molecule has 110 valence electrons. The van der Waals surface area contributed by atoms with Crippen LogP contribution in [-0.4, -0.2) is 36.4 Å². The number of aromatic carboxylic acids is 1. The molecule has 0 bridgehead atoms. The number of rotatable bonds is 5. The van der Waals surface area contributed by atoms with Crippen LogP contribution in [0.5, 0.6) is 0 Å². The van der Waals surface area contributed by atoms with Gasteiger partial charge in [0.1, 0.15) is 0 Å². The topological polar surface area (TPSA) is 87.7 Å². The fourth-order valence-corrected chi connectivity index (χ4v) is 1.57. The molecule has 0 aliphatic carbocycles. The van der Waals surface area contributed by atoms with Crippen LogP contribution in [0.25, 0.3) is 0 Å². The number of carbonyl (C=O) groups excluding carboxylic acids is 1. The molecule has 0 spiro atoms. The minimum atomic E-state index is -1.12. The second-order valence-electron chi connectivity index (χ2n) is 4.77. The number of carbonyl (C=O) groups is 2. The minimum Gasteiger partial charge on any atom is -0.478 e. The van der Waals surface area contributed by atoms with Gasteiger partial charge in [0.05, 0.1) is 16.2 Å². The zero-order chi connectivity index (χ0) is 15.3. The molecular weight excluding hydrogens is 284 g/mol. The maximum Gasteiger partial charge on any atom is 0.337 e. The van der Waals surface area contributed by atoms with E-state index < -0.39 is 17.6 Å². The van der Waals surface area contributed by atoms with Gasteiger partial charge in [-0.15, -0.1) is 0 Å². The molecule has 0 atom stereocenters. The Morgan fingerprint density at radius 3 is 2.55 bits per heavy atom. The van der Waals surface area contributed by atoms with Crippen LogP contribution in [0.4, 0.5) is 10.5 Å². The average molecular weight is 301 g/mol. The van der Waals surface area contributed by atoms with Crippen molar-refractivity contribution in [2.75, 3.05) is 19.0 Å². The molecule has 2 amide bonds. The van der Waals surface area contributed by atoms with Crippen molar-refractivity contribution in [3.8, 4) is 0 Å². The Hall–Kier alpha value is -1.79. The van der Waals surface area contributed by atoms with Crippen LogP contribution < -0.4 is 10.6 Å². The van der Waals surface area contributed by atoms with E-state index in [9.17, 15) is 9.59 Å². The first-order valence-electron chi connectivity index (χ1n) is 5.88. The van der Waals surface area contributed by atoms with Gasteiger partial charge < -0.3 is 20.5 Å². The number of carboxylic acids is 1. The third-order valence-corrected chi connectivity index (χ3v) is 3.00. The number of hydrogen-bond acceptors (Lipinski definition) is 3. The highest BCUT2D eigenvalue weighted by atomic mass is 35.5. The lowest BCUT2D eigenvalue weighted by atomic mass is 10.1. The van der Waals surface area contributed by atoms with Crippen LogP contribution in [-0.2, 0) is 4.74 Å². The molecule has 1 aromatic rings. The van der Waals surface area contributed by atoms with Crippen LogP contribution in [0, 0.1) is 0 Å². The number of ether oxygens (including phenoxy) is 1. The molecule has 0 saturated heterocycles. The first-order chi connectivity index (χ1) is 9.25. The summed E-state index contributed by atoms with van der Waals surface area (Å²) in [6.45, 7) is 4.01. The standard InChI is InChI=1S/C13H17ClN2O4/c1-13(2,20-3)7-15-12(19)16-8-4-5-9(11(17)18)10(14)6-8/h4-6H,7H2,1-3H3,(H,17,18)(H2,15,16,19). The Morgan fingerprint density at radius 2 is 2.05 bits per heavy atom. The van der Waals surface area contributed by atoms with Gasteiger partial charge in [-0.25, -0.2) is 9.59 Å². The van der Waals surface area contributed by atoms with E-state index in [1.807, 2.05) is 13.8 Å². The van der Waals surface area contributed by atoms with Crippen LogP contribution in [0.3, 0.4) is 0 Å². The predicted molar refractivity (Wildman–Crippen MR) is 76.5 cm³/mol. The zero-order valence-electron chi connectivity index (χ0n) is 11.5. The number of benzene rings is 1. The van der Waals surface area contributed by atoms with Crippen LogP contribution in [0.15, 0.2) is 18.2 Å². The van der Waals surface area contributed by atoms with Crippen molar-refractivity contribution in [1.29, 1.82) is 0 Å². The molecule has 7 heteroatoms. The number of amides is 2. The van der Waals surface area contributed by atoms with Gasteiger partial charge in [-0.1, -0.05) is 11.6 Å². The van der Waals surface area contributed by atoms with E-state index in [1.54, 1.807) is 7.11 Å². The van der Waals surface area contributed by atoms with Crippen molar-refractivity contribution in [2.24, 2.45) is 0 Å². The van der Waals surface area contributed by atoms with Gasteiger partial charge in [0.2, 0.25) is 0 Å². The third-order valence-electron chi connectivity index (χ3n) is 2.68. The molecule has 0 fully saturated rings. The molecule has 0 aliphatic heterocycles. The Kier molecular flexibility index (Phi) is 5.35. The minimum absolute atomic E-state index is 0.0156. The zero-order valence-corrected chi connectivity index (χ0v) is 12.2. The summed E-state index contributed by atoms with van der Waals surface area (Å²) in [6, 6.07) is 3.76. The molecule has 20 heavy (non-hydrogen) atoms. The van der Waals surface area contributed by atoms with Crippen molar-refractivity contribution in [1.82, 2.24) is 5.32 Å². The summed E-state index contributed by atoms with van der Waals surface area (Å²) in [5, 5.41) is 14.1. The number of anilines is 1. The molecule has 0 aliphatic rings. The molecular formula is C13H17ClN2O4. The first kappa shape index (κ1) is 16.3. The van der Waals surface area contributed by atoms with Crippen molar-refractivity contribution in [3.63, 3.8) is 0 Å². The molecule has 0 unspecified atom stereocenters. The molecule has 0 radical (unpaired) electrons. The molecule has 0 aromatic heterocycles. The van der Waals surface area contributed by atoms with Gasteiger partial charge in [-0.3, -0.25) is 0 Å². The predicted octanol–water partition coefficient (Wildman–Crippen LogP) is 2.58. The molecule has 6 nitrogen and oxygen atoms in total. The summed E-state index contributed by atoms with van der Waals surface area (Å²) in [4.78, 5) is 22.5. The van der Waals surface area contributed by atoms with Gasteiger partial charge in [0, 0.05) is 19.3 Å². The second kappa shape index (κ2) is 6.58. The van der Waals surface area contributed by atoms with E-state index in [-0.39, 0.29) is 10.6 Å². The number of urea groups is 1. The third kappa shape index (κ3) is 4.71. The van der Waals surface area contributed by atoms with Gasteiger partial charge in [-0.2, -0.15) is 0 Å². The fourth-order valence-electron chi connectivity index (χ4n) is 1.31.